The molecule has 0 bridgehead atoms. The second kappa shape index (κ2) is 15.2. The van der Waals surface area contributed by atoms with Crippen LogP contribution in [0.4, 0.5) is 4.79 Å². The number of allylic oxidation sites excluding steroid dienone is 1. The van der Waals surface area contributed by atoms with Gasteiger partial charge in [0.25, 0.3) is 0 Å². The van der Waals surface area contributed by atoms with Crippen molar-refractivity contribution in [2.45, 2.75) is 116 Å². The van der Waals surface area contributed by atoms with E-state index in [-0.39, 0.29) is 30.8 Å². The Bertz CT molecular complexity index is 899. The van der Waals surface area contributed by atoms with E-state index in [4.69, 9.17) is 11.5 Å². The van der Waals surface area contributed by atoms with Gasteiger partial charge in [-0.25, -0.2) is 9.59 Å². The summed E-state index contributed by atoms with van der Waals surface area (Å²) in [4.78, 5) is 49.2. The lowest BCUT2D eigenvalue weighted by Gasteiger charge is -2.41. The Labute approximate surface area is 232 Å². The van der Waals surface area contributed by atoms with Crippen LogP contribution in [-0.2, 0) is 14.4 Å². The number of unbranched alkanes of at least 4 members (excludes halogenated alkanes) is 1. The van der Waals surface area contributed by atoms with Crippen LogP contribution < -0.4 is 32.7 Å². The van der Waals surface area contributed by atoms with Gasteiger partial charge in [0, 0.05) is 18.0 Å². The number of primary amides is 1. The van der Waals surface area contributed by atoms with Gasteiger partial charge in [0.2, 0.25) is 11.8 Å². The molecule has 0 saturated heterocycles. The number of fused-ring (bicyclic) bond motifs is 1. The molecule has 0 aliphatic heterocycles. The number of urea groups is 1. The van der Waals surface area contributed by atoms with Crippen molar-refractivity contribution in [2.24, 2.45) is 23.3 Å². The summed E-state index contributed by atoms with van der Waals surface area (Å²) >= 11 is 0. The van der Waals surface area contributed by atoms with Crippen molar-refractivity contribution >= 4 is 23.8 Å². The van der Waals surface area contributed by atoms with Gasteiger partial charge in [0.15, 0.2) is 0 Å². The fourth-order valence-corrected chi connectivity index (χ4v) is 5.44. The molecule has 11 heteroatoms. The lowest BCUT2D eigenvalue weighted by molar-refractivity contribution is -0.142. The van der Waals surface area contributed by atoms with E-state index in [1.165, 1.54) is 30.4 Å². The van der Waals surface area contributed by atoms with Crippen molar-refractivity contribution in [1.82, 2.24) is 21.3 Å². The Hall–Kier alpha value is -2.66. The number of carbonyl (C=O) groups excluding carboxylic acids is 3. The zero-order valence-electron chi connectivity index (χ0n) is 24.1. The highest BCUT2D eigenvalue weighted by Crippen LogP contribution is 2.47. The summed E-state index contributed by atoms with van der Waals surface area (Å²) in [6.07, 6.45) is 7.86. The summed E-state index contributed by atoms with van der Waals surface area (Å²) < 4.78 is 0. The highest BCUT2D eigenvalue weighted by Gasteiger charge is 2.37. The molecule has 2 rings (SSSR count). The summed E-state index contributed by atoms with van der Waals surface area (Å²) in [5, 5.41) is 20.9. The molecule has 0 heterocycles. The fourth-order valence-electron chi connectivity index (χ4n) is 5.44. The van der Waals surface area contributed by atoms with Crippen LogP contribution >= 0.6 is 0 Å². The number of aliphatic carboxylic acids is 1. The number of hydrogen-bond donors (Lipinski definition) is 7. The minimum absolute atomic E-state index is 0.0263. The van der Waals surface area contributed by atoms with Gasteiger partial charge in [-0.05, 0) is 91.0 Å². The molecule has 39 heavy (non-hydrogen) atoms. The van der Waals surface area contributed by atoms with E-state index in [9.17, 15) is 24.3 Å². The lowest BCUT2D eigenvalue weighted by atomic mass is 9.65. The zero-order valence-corrected chi connectivity index (χ0v) is 24.1. The molecule has 0 aromatic rings. The lowest BCUT2D eigenvalue weighted by Crippen LogP contribution is -2.56. The minimum atomic E-state index is -1.13. The standard InChI is InChI=1S/C28H50N6O5/c1-17(20-16-18-10-5-6-11-19(18)20)23(29)25(36)33-21(13-9-14-31-27(30)39)24(35)34-22(26(37)38)12-7-8-15-32-28(2,3)4/h17-18,21-23,32H,5-16,29H2,1-4H3,(H,33,36)(H,34,35)(H,37,38)(H3,30,31,39)/t17-,18?,21+,22+,23?/m1/s1. The molecule has 0 aromatic carbocycles. The molecule has 5 atom stereocenters. The minimum Gasteiger partial charge on any atom is -0.480 e. The molecule has 2 aliphatic rings. The quantitative estimate of drug-likeness (QED) is 0.113. The third-order valence-electron chi connectivity index (χ3n) is 7.80. The van der Waals surface area contributed by atoms with Crippen molar-refractivity contribution in [3.63, 3.8) is 0 Å². The highest BCUT2D eigenvalue weighted by atomic mass is 16.4. The first-order chi connectivity index (χ1) is 18.3. The van der Waals surface area contributed by atoms with E-state index in [2.05, 4.69) is 42.0 Å². The number of carboxylic acids is 1. The topological polar surface area (TPSA) is 189 Å². The zero-order chi connectivity index (χ0) is 29.2. The number of carbonyl (C=O) groups is 4. The summed E-state index contributed by atoms with van der Waals surface area (Å²) in [5.41, 5.74) is 14.2. The summed E-state index contributed by atoms with van der Waals surface area (Å²) in [6.45, 7) is 9.10. The average molecular weight is 551 g/mol. The SMILES string of the molecule is C[C@H](C1=C2CCCCC2C1)C(N)C(=O)N[C@@H](CCCNC(N)=O)C(=O)N[C@@H](CCCCNC(C)(C)C)C(=O)O. The van der Waals surface area contributed by atoms with E-state index in [0.717, 1.165) is 25.8 Å². The monoisotopic (exact) mass is 550 g/mol. The fraction of sp³-hybridized carbons (Fsp3) is 0.786. The normalized spacial score (nSPS) is 20.1. The third-order valence-corrected chi connectivity index (χ3v) is 7.80. The van der Waals surface area contributed by atoms with E-state index in [0.29, 0.717) is 18.8 Å². The van der Waals surface area contributed by atoms with Crippen LogP contribution in [-0.4, -0.2) is 65.7 Å². The maximum absolute atomic E-state index is 13.2. The number of rotatable bonds is 16. The molecule has 4 amide bonds. The van der Waals surface area contributed by atoms with E-state index in [1.54, 1.807) is 0 Å². The van der Waals surface area contributed by atoms with Crippen LogP contribution in [0.15, 0.2) is 11.1 Å². The van der Waals surface area contributed by atoms with Crippen molar-refractivity contribution < 1.29 is 24.3 Å². The van der Waals surface area contributed by atoms with Gasteiger partial charge in [-0.15, -0.1) is 0 Å². The van der Waals surface area contributed by atoms with Crippen molar-refractivity contribution in [3.8, 4) is 0 Å². The second-order valence-electron chi connectivity index (χ2n) is 12.1. The number of hydrogen-bond acceptors (Lipinski definition) is 6. The number of amides is 4. The summed E-state index contributed by atoms with van der Waals surface area (Å²) in [5.74, 6) is -1.67. The van der Waals surface area contributed by atoms with Crippen LogP contribution in [0.3, 0.4) is 0 Å². The van der Waals surface area contributed by atoms with E-state index >= 15 is 0 Å². The molecule has 2 unspecified atom stereocenters. The third kappa shape index (κ3) is 10.8. The van der Waals surface area contributed by atoms with Crippen LogP contribution in [0.2, 0.25) is 0 Å². The molecule has 0 spiro atoms. The smallest absolute Gasteiger partial charge is 0.326 e. The first kappa shape index (κ1) is 32.6. The summed E-state index contributed by atoms with van der Waals surface area (Å²) in [6, 6.07) is -3.57. The molecule has 2 aliphatic carbocycles. The first-order valence-electron chi connectivity index (χ1n) is 14.4. The molecule has 1 fully saturated rings. The Morgan fingerprint density at radius 2 is 1.64 bits per heavy atom. The molecule has 1 saturated carbocycles. The Morgan fingerprint density at radius 3 is 2.26 bits per heavy atom. The second-order valence-corrected chi connectivity index (χ2v) is 12.1. The molecule has 11 nitrogen and oxygen atoms in total. The molecule has 0 radical (unpaired) electrons. The Kier molecular flexibility index (Phi) is 12.7. The van der Waals surface area contributed by atoms with Gasteiger partial charge in [0.05, 0.1) is 6.04 Å². The van der Waals surface area contributed by atoms with Crippen LogP contribution in [0.1, 0.15) is 91.9 Å². The van der Waals surface area contributed by atoms with Crippen LogP contribution in [0.25, 0.3) is 0 Å². The van der Waals surface area contributed by atoms with E-state index < -0.39 is 41.9 Å². The largest absolute Gasteiger partial charge is 0.480 e. The predicted octanol–water partition coefficient (Wildman–Crippen LogP) is 1.90. The van der Waals surface area contributed by atoms with Crippen molar-refractivity contribution in [2.75, 3.05) is 13.1 Å². The van der Waals surface area contributed by atoms with Crippen molar-refractivity contribution in [1.29, 1.82) is 0 Å². The maximum Gasteiger partial charge on any atom is 0.326 e. The molecule has 0 aromatic heterocycles. The highest BCUT2D eigenvalue weighted by molar-refractivity contribution is 5.92. The van der Waals surface area contributed by atoms with Gasteiger partial charge in [-0.1, -0.05) is 24.5 Å². The average Bonchev–Trinajstić information content (AvgIpc) is 2.83. The Morgan fingerprint density at radius 1 is 0.974 bits per heavy atom. The molecule has 9 N–H and O–H groups in total. The first-order valence-corrected chi connectivity index (χ1v) is 14.4. The van der Waals surface area contributed by atoms with Gasteiger partial charge in [-0.3, -0.25) is 9.59 Å². The number of nitrogens with one attached hydrogen (secondary N) is 4. The van der Waals surface area contributed by atoms with Gasteiger partial charge < -0.3 is 37.8 Å². The van der Waals surface area contributed by atoms with Crippen LogP contribution in [0, 0.1) is 11.8 Å². The molecular formula is C28H50N6O5. The van der Waals surface area contributed by atoms with Crippen molar-refractivity contribution in [3.05, 3.63) is 11.1 Å². The van der Waals surface area contributed by atoms with Crippen LogP contribution in [0.5, 0.6) is 0 Å². The van der Waals surface area contributed by atoms with Gasteiger partial charge >= 0.3 is 12.0 Å². The van der Waals surface area contributed by atoms with Gasteiger partial charge in [0.1, 0.15) is 12.1 Å². The van der Waals surface area contributed by atoms with E-state index in [1.807, 2.05) is 6.92 Å². The maximum atomic E-state index is 13.2. The molecular weight excluding hydrogens is 500 g/mol. The number of carboxylic acid groups (broad SMARTS) is 1. The number of nitrogens with two attached hydrogens (primary N) is 2. The molecule has 222 valence electrons. The predicted molar refractivity (Wildman–Crippen MR) is 151 cm³/mol. The Balaban J connectivity index is 1.99. The van der Waals surface area contributed by atoms with Gasteiger partial charge in [-0.2, -0.15) is 0 Å². The summed E-state index contributed by atoms with van der Waals surface area (Å²) in [7, 11) is 0.